The van der Waals surface area contributed by atoms with Gasteiger partial charge in [-0.25, -0.2) is 0 Å². The summed E-state index contributed by atoms with van der Waals surface area (Å²) >= 11 is 0. The van der Waals surface area contributed by atoms with Crippen molar-refractivity contribution < 1.29 is 4.42 Å². The zero-order valence-corrected chi connectivity index (χ0v) is 5.68. The molecule has 0 saturated heterocycles. The van der Waals surface area contributed by atoms with Crippen molar-refractivity contribution in [1.82, 2.24) is 5.32 Å². The van der Waals surface area contributed by atoms with Crippen LogP contribution >= 0.6 is 0 Å². The molecule has 1 aliphatic rings. The molecule has 1 aliphatic heterocycles. The van der Waals surface area contributed by atoms with Crippen LogP contribution in [-0.4, -0.2) is 13.1 Å². The molecule has 10 heavy (non-hydrogen) atoms. The van der Waals surface area contributed by atoms with Gasteiger partial charge < -0.3 is 15.1 Å². The lowest BCUT2D eigenvalue weighted by atomic mass is 10.4. The number of rotatable bonds is 0. The highest BCUT2D eigenvalue weighted by molar-refractivity contribution is 5.46. The summed E-state index contributed by atoms with van der Waals surface area (Å²) < 4.78 is 5.21. The lowest BCUT2D eigenvalue weighted by Crippen LogP contribution is -2.17. The number of nitrogens with one attached hydrogen (secondary N) is 2. The Morgan fingerprint density at radius 3 is 3.40 bits per heavy atom. The first-order valence-electron chi connectivity index (χ1n) is 3.48. The predicted molar refractivity (Wildman–Crippen MR) is 38.9 cm³/mol. The van der Waals surface area contributed by atoms with Gasteiger partial charge in [0.2, 0.25) is 0 Å². The monoisotopic (exact) mass is 138 g/mol. The van der Waals surface area contributed by atoms with E-state index < -0.39 is 0 Å². The summed E-state index contributed by atoms with van der Waals surface area (Å²) in [6.07, 6.45) is 1.71. The van der Waals surface area contributed by atoms with Crippen LogP contribution in [0.1, 0.15) is 5.76 Å². The molecule has 0 amide bonds. The number of furan rings is 1. The molecule has 3 nitrogen and oxygen atoms in total. The van der Waals surface area contributed by atoms with Crippen molar-refractivity contribution in [3.05, 3.63) is 18.1 Å². The van der Waals surface area contributed by atoms with Crippen LogP contribution in [0.5, 0.6) is 0 Å². The maximum atomic E-state index is 5.21. The van der Waals surface area contributed by atoms with Crippen molar-refractivity contribution in [2.24, 2.45) is 0 Å². The number of hydrogen-bond donors (Lipinski definition) is 2. The molecular formula is C7H10N2O. The van der Waals surface area contributed by atoms with Crippen LogP contribution in [0.2, 0.25) is 0 Å². The van der Waals surface area contributed by atoms with Crippen LogP contribution < -0.4 is 10.6 Å². The van der Waals surface area contributed by atoms with Crippen molar-refractivity contribution in [3.63, 3.8) is 0 Å². The van der Waals surface area contributed by atoms with E-state index in [9.17, 15) is 0 Å². The van der Waals surface area contributed by atoms with E-state index in [1.807, 2.05) is 6.07 Å². The van der Waals surface area contributed by atoms with Crippen LogP contribution in [0.4, 0.5) is 5.69 Å². The molecule has 2 heterocycles. The van der Waals surface area contributed by atoms with Crippen molar-refractivity contribution >= 4 is 5.69 Å². The van der Waals surface area contributed by atoms with Gasteiger partial charge in [0.1, 0.15) is 5.76 Å². The molecule has 0 bridgehead atoms. The van der Waals surface area contributed by atoms with Gasteiger partial charge in [0.15, 0.2) is 0 Å². The quantitative estimate of drug-likeness (QED) is 0.556. The van der Waals surface area contributed by atoms with Crippen molar-refractivity contribution in [2.45, 2.75) is 6.54 Å². The van der Waals surface area contributed by atoms with E-state index in [4.69, 9.17) is 4.42 Å². The lowest BCUT2D eigenvalue weighted by Gasteiger charge is -1.96. The summed E-state index contributed by atoms with van der Waals surface area (Å²) in [5.41, 5.74) is 1.13. The van der Waals surface area contributed by atoms with E-state index in [0.29, 0.717) is 0 Å². The second-order valence-electron chi connectivity index (χ2n) is 2.36. The SMILES string of the molecule is c1cc2c(o1)CNCCN2. The van der Waals surface area contributed by atoms with Crippen LogP contribution in [0.3, 0.4) is 0 Å². The first-order chi connectivity index (χ1) is 4.97. The number of anilines is 1. The standard InChI is InChI=1S/C7H10N2O/c1-4-10-7-5-8-2-3-9-6(1)7/h1,4,8-9H,2-3,5H2. The minimum atomic E-state index is 0.843. The van der Waals surface area contributed by atoms with Crippen LogP contribution in [0.25, 0.3) is 0 Å². The van der Waals surface area contributed by atoms with Gasteiger partial charge in [0, 0.05) is 13.1 Å². The summed E-state index contributed by atoms with van der Waals surface area (Å²) in [5, 5.41) is 6.48. The van der Waals surface area contributed by atoms with Crippen molar-refractivity contribution in [1.29, 1.82) is 0 Å². The molecule has 2 N–H and O–H groups in total. The average Bonchev–Trinajstić information content (AvgIpc) is 2.28. The maximum Gasteiger partial charge on any atom is 0.140 e. The molecule has 0 spiro atoms. The molecule has 0 aromatic carbocycles. The highest BCUT2D eigenvalue weighted by atomic mass is 16.3. The van der Waals surface area contributed by atoms with Crippen molar-refractivity contribution in [3.8, 4) is 0 Å². The van der Waals surface area contributed by atoms with Crippen LogP contribution in [-0.2, 0) is 6.54 Å². The third-order valence-corrected chi connectivity index (χ3v) is 1.65. The Morgan fingerprint density at radius 1 is 1.40 bits per heavy atom. The first-order valence-corrected chi connectivity index (χ1v) is 3.48. The summed E-state index contributed by atoms with van der Waals surface area (Å²) in [7, 11) is 0. The zero-order chi connectivity index (χ0) is 6.81. The number of fused-ring (bicyclic) bond motifs is 1. The van der Waals surface area contributed by atoms with Gasteiger partial charge >= 0.3 is 0 Å². The fraction of sp³-hybridized carbons (Fsp3) is 0.429. The average molecular weight is 138 g/mol. The van der Waals surface area contributed by atoms with Gasteiger partial charge in [0.05, 0.1) is 18.5 Å². The number of hydrogen-bond acceptors (Lipinski definition) is 3. The largest absolute Gasteiger partial charge is 0.466 e. The van der Waals surface area contributed by atoms with Gasteiger partial charge in [0.25, 0.3) is 0 Å². The molecule has 0 unspecified atom stereocenters. The Balaban J connectivity index is 2.28. The Hall–Kier alpha value is -0.960. The second kappa shape index (κ2) is 2.34. The Labute approximate surface area is 59.4 Å². The summed E-state index contributed by atoms with van der Waals surface area (Å²) in [4.78, 5) is 0. The smallest absolute Gasteiger partial charge is 0.140 e. The fourth-order valence-corrected chi connectivity index (χ4v) is 1.12. The summed E-state index contributed by atoms with van der Waals surface area (Å²) in [6, 6.07) is 1.96. The first kappa shape index (κ1) is 5.80. The molecule has 0 aliphatic carbocycles. The lowest BCUT2D eigenvalue weighted by molar-refractivity contribution is 0.492. The molecule has 0 fully saturated rings. The molecular weight excluding hydrogens is 128 g/mol. The third kappa shape index (κ3) is 0.885. The summed E-state index contributed by atoms with van der Waals surface area (Å²) in [6.45, 7) is 2.83. The Kier molecular flexibility index (Phi) is 1.36. The molecule has 0 saturated carbocycles. The normalized spacial score (nSPS) is 17.2. The van der Waals surface area contributed by atoms with E-state index in [-0.39, 0.29) is 0 Å². The molecule has 2 rings (SSSR count). The van der Waals surface area contributed by atoms with E-state index in [0.717, 1.165) is 31.1 Å². The Bertz CT molecular complexity index is 199. The van der Waals surface area contributed by atoms with Crippen molar-refractivity contribution in [2.75, 3.05) is 18.4 Å². The molecule has 0 atom stereocenters. The van der Waals surface area contributed by atoms with Gasteiger partial charge in [-0.3, -0.25) is 0 Å². The second-order valence-corrected chi connectivity index (χ2v) is 2.36. The minimum absolute atomic E-state index is 0.843. The molecule has 54 valence electrons. The molecule has 3 heteroatoms. The third-order valence-electron chi connectivity index (χ3n) is 1.65. The summed E-state index contributed by atoms with van der Waals surface area (Å²) in [5.74, 6) is 1.01. The van der Waals surface area contributed by atoms with E-state index >= 15 is 0 Å². The molecule has 0 radical (unpaired) electrons. The highest BCUT2D eigenvalue weighted by Gasteiger charge is 2.07. The van der Waals surface area contributed by atoms with Gasteiger partial charge in [-0.15, -0.1) is 0 Å². The fourth-order valence-electron chi connectivity index (χ4n) is 1.12. The maximum absolute atomic E-state index is 5.21. The van der Waals surface area contributed by atoms with Crippen LogP contribution in [0.15, 0.2) is 16.7 Å². The van der Waals surface area contributed by atoms with Gasteiger partial charge in [-0.2, -0.15) is 0 Å². The van der Waals surface area contributed by atoms with E-state index in [2.05, 4.69) is 10.6 Å². The van der Waals surface area contributed by atoms with Gasteiger partial charge in [-0.05, 0) is 6.07 Å². The van der Waals surface area contributed by atoms with Gasteiger partial charge in [-0.1, -0.05) is 0 Å². The molecule has 1 aromatic heterocycles. The zero-order valence-electron chi connectivity index (χ0n) is 5.68. The highest BCUT2D eigenvalue weighted by Crippen LogP contribution is 2.16. The molecule has 1 aromatic rings. The van der Waals surface area contributed by atoms with E-state index in [1.54, 1.807) is 6.26 Å². The predicted octanol–water partition coefficient (Wildman–Crippen LogP) is 0.795. The minimum Gasteiger partial charge on any atom is -0.466 e. The Morgan fingerprint density at radius 2 is 2.40 bits per heavy atom. The van der Waals surface area contributed by atoms with Crippen LogP contribution in [0, 0.1) is 0 Å². The van der Waals surface area contributed by atoms with E-state index in [1.165, 1.54) is 0 Å². The topological polar surface area (TPSA) is 37.2 Å².